The summed E-state index contributed by atoms with van der Waals surface area (Å²) in [5.74, 6) is 0.513. The molecule has 0 saturated heterocycles. The highest BCUT2D eigenvalue weighted by Gasteiger charge is 2.15. The summed E-state index contributed by atoms with van der Waals surface area (Å²) in [4.78, 5) is 2.32. The lowest BCUT2D eigenvalue weighted by Gasteiger charge is -2.20. The third-order valence-electron chi connectivity index (χ3n) is 2.95. The van der Waals surface area contributed by atoms with Crippen LogP contribution < -0.4 is 0 Å². The molecule has 0 amide bonds. The van der Waals surface area contributed by atoms with Gasteiger partial charge in [0.05, 0.1) is 10.0 Å². The van der Waals surface area contributed by atoms with Crippen molar-refractivity contribution in [2.45, 2.75) is 12.3 Å². The van der Waals surface area contributed by atoms with Crippen LogP contribution >= 0.6 is 23.2 Å². The molecule has 1 heterocycles. The maximum absolute atomic E-state index is 6.05. The van der Waals surface area contributed by atoms with Crippen molar-refractivity contribution in [1.82, 2.24) is 4.90 Å². The van der Waals surface area contributed by atoms with Crippen LogP contribution in [0.5, 0.6) is 0 Å². The molecule has 2 rings (SSSR count). The predicted molar refractivity (Wildman–Crippen MR) is 70.5 cm³/mol. The van der Waals surface area contributed by atoms with Crippen LogP contribution in [0, 0.1) is 0 Å². The Morgan fingerprint density at radius 3 is 2.75 bits per heavy atom. The molecule has 0 aromatic heterocycles. The van der Waals surface area contributed by atoms with E-state index in [1.165, 1.54) is 5.56 Å². The number of hydrogen-bond donors (Lipinski definition) is 0. The van der Waals surface area contributed by atoms with E-state index in [1.807, 2.05) is 12.1 Å². The molecule has 0 bridgehead atoms. The second-order valence-corrected chi connectivity index (χ2v) is 5.11. The van der Waals surface area contributed by atoms with Crippen molar-refractivity contribution in [3.63, 3.8) is 0 Å². The molecule has 1 aromatic carbocycles. The third-order valence-corrected chi connectivity index (χ3v) is 3.69. The Kier molecular flexibility index (Phi) is 3.91. The highest BCUT2D eigenvalue weighted by molar-refractivity contribution is 6.42. The van der Waals surface area contributed by atoms with Gasteiger partial charge in [0, 0.05) is 19.0 Å². The normalized spacial score (nSPS) is 22.1. The van der Waals surface area contributed by atoms with Gasteiger partial charge in [-0.15, -0.1) is 0 Å². The Balaban J connectivity index is 2.22. The van der Waals surface area contributed by atoms with Crippen molar-refractivity contribution in [2.75, 3.05) is 20.1 Å². The molecule has 3 heteroatoms. The van der Waals surface area contributed by atoms with Gasteiger partial charge in [0.25, 0.3) is 0 Å². The Hall–Kier alpha value is -0.500. The largest absolute Gasteiger partial charge is 0.302 e. The summed E-state index contributed by atoms with van der Waals surface area (Å²) in [7, 11) is 2.14. The van der Waals surface area contributed by atoms with Gasteiger partial charge in [-0.3, -0.25) is 0 Å². The van der Waals surface area contributed by atoms with Crippen LogP contribution in [-0.2, 0) is 0 Å². The van der Waals surface area contributed by atoms with E-state index in [4.69, 9.17) is 23.2 Å². The lowest BCUT2D eigenvalue weighted by atomic mass is 9.96. The Morgan fingerprint density at radius 1 is 1.19 bits per heavy atom. The van der Waals surface area contributed by atoms with E-state index < -0.39 is 0 Å². The quantitative estimate of drug-likeness (QED) is 0.687. The SMILES string of the molecule is CN1CC=CC[C@@H](c2ccc(Cl)c(Cl)c2)C1. The van der Waals surface area contributed by atoms with Gasteiger partial charge in [0.1, 0.15) is 0 Å². The fourth-order valence-electron chi connectivity index (χ4n) is 2.05. The minimum Gasteiger partial charge on any atom is -0.302 e. The summed E-state index contributed by atoms with van der Waals surface area (Å²) >= 11 is 12.0. The fourth-order valence-corrected chi connectivity index (χ4v) is 2.35. The number of halogens is 2. The van der Waals surface area contributed by atoms with Crippen LogP contribution in [0.15, 0.2) is 30.4 Å². The molecule has 0 radical (unpaired) electrons. The zero-order valence-electron chi connectivity index (χ0n) is 9.29. The molecule has 1 aliphatic heterocycles. The van der Waals surface area contributed by atoms with Gasteiger partial charge in [-0.05, 0) is 31.2 Å². The molecular formula is C13H15Cl2N. The third kappa shape index (κ3) is 2.79. The highest BCUT2D eigenvalue weighted by atomic mass is 35.5. The Morgan fingerprint density at radius 2 is 2.00 bits per heavy atom. The molecule has 1 nitrogen and oxygen atoms in total. The van der Waals surface area contributed by atoms with Gasteiger partial charge in [-0.25, -0.2) is 0 Å². The first kappa shape index (κ1) is 12.0. The molecule has 1 atom stereocenters. The summed E-state index contributed by atoms with van der Waals surface area (Å²) in [5, 5.41) is 1.28. The first-order valence-corrected chi connectivity index (χ1v) is 6.21. The first-order chi connectivity index (χ1) is 7.66. The van der Waals surface area contributed by atoms with Crippen molar-refractivity contribution in [2.24, 2.45) is 0 Å². The van der Waals surface area contributed by atoms with E-state index in [9.17, 15) is 0 Å². The van der Waals surface area contributed by atoms with Crippen LogP contribution in [0.3, 0.4) is 0 Å². The number of likely N-dealkylation sites (N-methyl/N-ethyl adjacent to an activating group) is 1. The van der Waals surface area contributed by atoms with Crippen molar-refractivity contribution in [3.8, 4) is 0 Å². The van der Waals surface area contributed by atoms with Gasteiger partial charge in [0.15, 0.2) is 0 Å². The number of benzene rings is 1. The van der Waals surface area contributed by atoms with Gasteiger partial charge in [0.2, 0.25) is 0 Å². The fraction of sp³-hybridized carbons (Fsp3) is 0.385. The van der Waals surface area contributed by atoms with Crippen LogP contribution in [-0.4, -0.2) is 25.0 Å². The zero-order chi connectivity index (χ0) is 11.5. The van der Waals surface area contributed by atoms with Gasteiger partial charge in [-0.1, -0.05) is 41.4 Å². The maximum atomic E-state index is 6.05. The van der Waals surface area contributed by atoms with E-state index in [-0.39, 0.29) is 0 Å². The number of rotatable bonds is 1. The molecule has 0 spiro atoms. The summed E-state index contributed by atoms with van der Waals surface area (Å²) in [6.45, 7) is 2.09. The van der Waals surface area contributed by atoms with Crippen molar-refractivity contribution >= 4 is 23.2 Å². The topological polar surface area (TPSA) is 3.24 Å². The summed E-state index contributed by atoms with van der Waals surface area (Å²) in [6, 6.07) is 5.95. The van der Waals surface area contributed by atoms with E-state index in [0.717, 1.165) is 19.5 Å². The average molecular weight is 256 g/mol. The van der Waals surface area contributed by atoms with Crippen LogP contribution in [0.2, 0.25) is 10.0 Å². The number of allylic oxidation sites excluding steroid dienone is 1. The molecule has 0 saturated carbocycles. The Bertz CT molecular complexity index is 401. The molecule has 0 fully saturated rings. The monoisotopic (exact) mass is 255 g/mol. The minimum atomic E-state index is 0.513. The number of hydrogen-bond acceptors (Lipinski definition) is 1. The molecule has 1 aromatic rings. The molecule has 0 unspecified atom stereocenters. The highest BCUT2D eigenvalue weighted by Crippen LogP contribution is 2.29. The minimum absolute atomic E-state index is 0.513. The average Bonchev–Trinajstić information content (AvgIpc) is 2.47. The molecule has 16 heavy (non-hydrogen) atoms. The summed E-state index contributed by atoms with van der Waals surface area (Å²) in [6.07, 6.45) is 5.54. The second kappa shape index (κ2) is 5.22. The summed E-state index contributed by atoms with van der Waals surface area (Å²) < 4.78 is 0. The van der Waals surface area contributed by atoms with Crippen LogP contribution in [0.1, 0.15) is 17.9 Å². The lowest BCUT2D eigenvalue weighted by molar-refractivity contribution is 0.349. The lowest BCUT2D eigenvalue weighted by Crippen LogP contribution is -2.23. The van der Waals surface area contributed by atoms with E-state index in [2.05, 4.69) is 30.2 Å². The van der Waals surface area contributed by atoms with E-state index in [0.29, 0.717) is 16.0 Å². The van der Waals surface area contributed by atoms with E-state index >= 15 is 0 Å². The second-order valence-electron chi connectivity index (χ2n) is 4.30. The first-order valence-electron chi connectivity index (χ1n) is 5.45. The van der Waals surface area contributed by atoms with E-state index in [1.54, 1.807) is 0 Å². The van der Waals surface area contributed by atoms with Crippen LogP contribution in [0.25, 0.3) is 0 Å². The maximum Gasteiger partial charge on any atom is 0.0595 e. The van der Waals surface area contributed by atoms with Gasteiger partial charge < -0.3 is 4.90 Å². The van der Waals surface area contributed by atoms with Gasteiger partial charge >= 0.3 is 0 Å². The predicted octanol–water partition coefficient (Wildman–Crippen LogP) is 3.97. The summed E-state index contributed by atoms with van der Waals surface area (Å²) in [5.41, 5.74) is 1.27. The zero-order valence-corrected chi connectivity index (χ0v) is 10.8. The molecule has 0 aliphatic carbocycles. The molecular weight excluding hydrogens is 241 g/mol. The number of nitrogens with zero attached hydrogens (tertiary/aromatic N) is 1. The molecule has 86 valence electrons. The molecule has 0 N–H and O–H groups in total. The van der Waals surface area contributed by atoms with Crippen molar-refractivity contribution in [1.29, 1.82) is 0 Å². The standard InChI is InChI=1S/C13H15Cl2N/c1-16-7-3-2-4-11(9-16)10-5-6-12(14)13(15)8-10/h2-3,5-6,8,11H,4,7,9H2,1H3/t11-/m1/s1. The van der Waals surface area contributed by atoms with Gasteiger partial charge in [-0.2, -0.15) is 0 Å². The smallest absolute Gasteiger partial charge is 0.0595 e. The van der Waals surface area contributed by atoms with Crippen molar-refractivity contribution < 1.29 is 0 Å². The molecule has 1 aliphatic rings. The van der Waals surface area contributed by atoms with Crippen LogP contribution in [0.4, 0.5) is 0 Å². The van der Waals surface area contributed by atoms with Crippen molar-refractivity contribution in [3.05, 3.63) is 46.0 Å². The Labute approximate surface area is 107 Å².